The Morgan fingerprint density at radius 3 is 2.54 bits per heavy atom. The third-order valence-electron chi connectivity index (χ3n) is 4.57. The molecule has 13 heavy (non-hydrogen) atoms. The second-order valence-electron chi connectivity index (χ2n) is 5.76. The Morgan fingerprint density at radius 2 is 1.92 bits per heavy atom. The van der Waals surface area contributed by atoms with Gasteiger partial charge in [0.25, 0.3) is 0 Å². The molecule has 2 aliphatic heterocycles. The van der Waals surface area contributed by atoms with Gasteiger partial charge in [-0.15, -0.1) is 0 Å². The number of piperidine rings is 2. The molecule has 74 valence electrons. The smallest absolute Gasteiger partial charge is 0.000825 e. The summed E-state index contributed by atoms with van der Waals surface area (Å²) in [6.07, 6.45) is 10.7. The van der Waals surface area contributed by atoms with Gasteiger partial charge < -0.3 is 5.32 Å². The van der Waals surface area contributed by atoms with Crippen LogP contribution in [0.4, 0.5) is 0 Å². The predicted molar refractivity (Wildman–Crippen MR) is 54.6 cm³/mol. The van der Waals surface area contributed by atoms with E-state index in [9.17, 15) is 0 Å². The highest BCUT2D eigenvalue weighted by Crippen LogP contribution is 2.53. The normalized spacial score (nSPS) is 44.8. The van der Waals surface area contributed by atoms with Gasteiger partial charge in [-0.25, -0.2) is 0 Å². The van der Waals surface area contributed by atoms with Crippen molar-refractivity contribution >= 4 is 0 Å². The van der Waals surface area contributed by atoms with Crippen LogP contribution in [-0.4, -0.2) is 13.1 Å². The van der Waals surface area contributed by atoms with E-state index in [0.717, 1.165) is 17.3 Å². The number of hydrogen-bond acceptors (Lipinski definition) is 1. The van der Waals surface area contributed by atoms with E-state index >= 15 is 0 Å². The summed E-state index contributed by atoms with van der Waals surface area (Å²) in [7, 11) is 0. The third-order valence-corrected chi connectivity index (χ3v) is 4.57. The molecule has 4 fully saturated rings. The van der Waals surface area contributed by atoms with Gasteiger partial charge in [0.05, 0.1) is 0 Å². The molecule has 0 spiro atoms. The van der Waals surface area contributed by atoms with E-state index in [0.29, 0.717) is 0 Å². The minimum atomic E-state index is 0.776. The second kappa shape index (κ2) is 2.98. The summed E-state index contributed by atoms with van der Waals surface area (Å²) < 4.78 is 0. The van der Waals surface area contributed by atoms with Crippen molar-refractivity contribution in [2.75, 3.05) is 13.1 Å². The van der Waals surface area contributed by atoms with Crippen molar-refractivity contribution in [3.8, 4) is 0 Å². The lowest BCUT2D eigenvalue weighted by molar-refractivity contribution is -0.00747. The lowest BCUT2D eigenvalue weighted by Gasteiger charge is -2.54. The predicted octanol–water partition coefficient (Wildman–Crippen LogP) is 2.57. The number of rotatable bonds is 2. The van der Waals surface area contributed by atoms with Crippen LogP contribution in [0.1, 0.15) is 44.9 Å². The van der Waals surface area contributed by atoms with E-state index < -0.39 is 0 Å². The number of fused-ring (bicyclic) bond motifs is 2. The quantitative estimate of drug-likeness (QED) is 0.687. The van der Waals surface area contributed by atoms with Crippen molar-refractivity contribution in [1.82, 2.24) is 5.32 Å². The van der Waals surface area contributed by atoms with Crippen molar-refractivity contribution in [2.45, 2.75) is 44.9 Å². The lowest BCUT2D eigenvalue weighted by atomic mass is 9.56. The van der Waals surface area contributed by atoms with Crippen molar-refractivity contribution in [1.29, 1.82) is 0 Å². The summed E-state index contributed by atoms with van der Waals surface area (Å²) in [6, 6.07) is 0. The van der Waals surface area contributed by atoms with Gasteiger partial charge in [0.1, 0.15) is 0 Å². The largest absolute Gasteiger partial charge is 0.316 e. The Morgan fingerprint density at radius 1 is 1.15 bits per heavy atom. The highest BCUT2D eigenvalue weighted by molar-refractivity contribution is 5.01. The van der Waals surface area contributed by atoms with Crippen LogP contribution in [0.5, 0.6) is 0 Å². The van der Waals surface area contributed by atoms with Crippen LogP contribution in [0.15, 0.2) is 0 Å². The van der Waals surface area contributed by atoms with Crippen molar-refractivity contribution in [2.24, 2.45) is 17.3 Å². The van der Waals surface area contributed by atoms with E-state index in [4.69, 9.17) is 0 Å². The van der Waals surface area contributed by atoms with Crippen LogP contribution in [0.25, 0.3) is 0 Å². The van der Waals surface area contributed by atoms with Crippen molar-refractivity contribution < 1.29 is 0 Å². The fourth-order valence-electron chi connectivity index (χ4n) is 4.06. The van der Waals surface area contributed by atoms with Gasteiger partial charge in [0.2, 0.25) is 0 Å². The molecule has 0 amide bonds. The summed E-state index contributed by atoms with van der Waals surface area (Å²) in [4.78, 5) is 0. The molecule has 0 atom stereocenters. The maximum absolute atomic E-state index is 3.60. The molecule has 4 aliphatic rings. The SMILES string of the molecule is C1CCC(CC23CNCC(C2)C3)C1. The van der Waals surface area contributed by atoms with E-state index in [1.165, 1.54) is 38.8 Å². The van der Waals surface area contributed by atoms with Gasteiger partial charge in [-0.3, -0.25) is 0 Å². The zero-order chi connectivity index (χ0) is 8.73. The van der Waals surface area contributed by atoms with Crippen LogP contribution < -0.4 is 5.32 Å². The fourth-order valence-corrected chi connectivity index (χ4v) is 4.06. The molecule has 2 saturated heterocycles. The van der Waals surface area contributed by atoms with Gasteiger partial charge in [-0.05, 0) is 43.1 Å². The van der Waals surface area contributed by atoms with Gasteiger partial charge in [0, 0.05) is 6.54 Å². The average Bonchev–Trinajstić information content (AvgIpc) is 2.56. The minimum absolute atomic E-state index is 0.776. The molecule has 0 unspecified atom stereocenters. The van der Waals surface area contributed by atoms with Crippen molar-refractivity contribution in [3.05, 3.63) is 0 Å². The van der Waals surface area contributed by atoms with Crippen LogP contribution >= 0.6 is 0 Å². The van der Waals surface area contributed by atoms with Gasteiger partial charge in [0.15, 0.2) is 0 Å². The standard InChI is InChI=1S/C12H21N/c1-2-4-10(3-1)5-12-6-11(7-12)8-13-9-12/h10-11,13H,1-9H2. The molecule has 0 aromatic heterocycles. The molecule has 0 aromatic rings. The molecule has 0 aromatic carbocycles. The van der Waals surface area contributed by atoms with Crippen molar-refractivity contribution in [3.63, 3.8) is 0 Å². The monoisotopic (exact) mass is 179 g/mol. The summed E-state index contributed by atoms with van der Waals surface area (Å²) >= 11 is 0. The van der Waals surface area contributed by atoms with Crippen LogP contribution in [0, 0.1) is 17.3 Å². The Bertz CT molecular complexity index is 182. The first-order valence-corrected chi connectivity index (χ1v) is 6.07. The molecule has 2 heterocycles. The molecule has 1 heteroatoms. The summed E-state index contributed by atoms with van der Waals surface area (Å²) in [5, 5.41) is 3.60. The summed E-state index contributed by atoms with van der Waals surface area (Å²) in [6.45, 7) is 2.65. The summed E-state index contributed by atoms with van der Waals surface area (Å²) in [5.41, 5.74) is 0.776. The van der Waals surface area contributed by atoms with Crippen LogP contribution in [0.3, 0.4) is 0 Å². The molecular weight excluding hydrogens is 158 g/mol. The molecule has 2 bridgehead atoms. The molecule has 2 aliphatic carbocycles. The number of hydrogen-bond donors (Lipinski definition) is 1. The molecule has 1 nitrogen and oxygen atoms in total. The van der Waals surface area contributed by atoms with Gasteiger partial charge in [-0.2, -0.15) is 0 Å². The Hall–Kier alpha value is -0.0400. The lowest BCUT2D eigenvalue weighted by Crippen LogP contribution is -2.55. The second-order valence-corrected chi connectivity index (χ2v) is 5.76. The van der Waals surface area contributed by atoms with Crippen LogP contribution in [-0.2, 0) is 0 Å². The average molecular weight is 179 g/mol. The summed E-state index contributed by atoms with van der Waals surface area (Å²) in [5.74, 6) is 2.15. The Kier molecular flexibility index (Phi) is 1.90. The topological polar surface area (TPSA) is 12.0 Å². The third kappa shape index (κ3) is 1.41. The van der Waals surface area contributed by atoms with E-state index in [1.807, 2.05) is 0 Å². The molecule has 2 saturated carbocycles. The Labute approximate surface area is 81.3 Å². The Balaban J connectivity index is 1.59. The first kappa shape index (κ1) is 8.28. The van der Waals surface area contributed by atoms with E-state index in [1.54, 1.807) is 19.3 Å². The molecule has 4 rings (SSSR count). The minimum Gasteiger partial charge on any atom is -0.316 e. The van der Waals surface area contributed by atoms with Gasteiger partial charge in [-0.1, -0.05) is 25.7 Å². The zero-order valence-electron chi connectivity index (χ0n) is 8.52. The van der Waals surface area contributed by atoms with E-state index in [-0.39, 0.29) is 0 Å². The van der Waals surface area contributed by atoms with Crippen LogP contribution in [0.2, 0.25) is 0 Å². The highest BCUT2D eigenvalue weighted by atomic mass is 14.9. The van der Waals surface area contributed by atoms with E-state index in [2.05, 4.69) is 5.32 Å². The number of nitrogens with one attached hydrogen (secondary N) is 1. The first-order valence-electron chi connectivity index (χ1n) is 6.07. The maximum Gasteiger partial charge on any atom is 0.000825 e. The zero-order valence-corrected chi connectivity index (χ0v) is 8.52. The molecule has 1 N–H and O–H groups in total. The first-order chi connectivity index (χ1) is 6.36. The fraction of sp³-hybridized carbons (Fsp3) is 1.00. The molecule has 0 radical (unpaired) electrons. The highest BCUT2D eigenvalue weighted by Gasteiger charge is 2.47. The molecular formula is C12H21N. The maximum atomic E-state index is 3.60. The van der Waals surface area contributed by atoms with Gasteiger partial charge >= 0.3 is 0 Å².